The summed E-state index contributed by atoms with van der Waals surface area (Å²) in [4.78, 5) is 0. The fraction of sp³-hybridized carbons (Fsp3) is 0.455. The highest BCUT2D eigenvalue weighted by atomic mass is 19.4. The molecule has 0 spiro atoms. The molecular formula is C11H11F6NO. The van der Waals surface area contributed by atoms with Crippen molar-refractivity contribution in [2.75, 3.05) is 13.2 Å². The number of nitrogens with two attached hydrogens (primary N) is 1. The molecule has 1 aromatic rings. The lowest BCUT2D eigenvalue weighted by atomic mass is 10.0. The van der Waals surface area contributed by atoms with E-state index in [4.69, 9.17) is 5.73 Å². The van der Waals surface area contributed by atoms with Crippen molar-refractivity contribution in [2.45, 2.75) is 18.6 Å². The van der Waals surface area contributed by atoms with Crippen molar-refractivity contribution >= 4 is 0 Å². The van der Waals surface area contributed by atoms with Crippen molar-refractivity contribution in [3.63, 3.8) is 0 Å². The van der Waals surface area contributed by atoms with E-state index in [1.165, 1.54) is 0 Å². The minimum Gasteiger partial charge on any atom is -0.372 e. The Bertz CT molecular complexity index is 411. The van der Waals surface area contributed by atoms with E-state index >= 15 is 0 Å². The van der Waals surface area contributed by atoms with Crippen LogP contribution in [0.3, 0.4) is 0 Å². The van der Waals surface area contributed by atoms with Crippen molar-refractivity contribution in [3.05, 3.63) is 35.1 Å². The molecule has 0 aromatic heterocycles. The Balaban J connectivity index is 2.57. The molecule has 2 nitrogen and oxygen atoms in total. The van der Waals surface area contributed by atoms with Gasteiger partial charge in [-0.15, -0.1) is 0 Å². The van der Waals surface area contributed by atoms with Gasteiger partial charge in [0.15, 0.2) is 0 Å². The SMILES string of the molecule is NC(CCOCC(F)(F)F)c1c(F)cc(F)cc1F. The molecule has 0 aliphatic carbocycles. The van der Waals surface area contributed by atoms with Gasteiger partial charge in [0.25, 0.3) is 0 Å². The Morgan fingerprint density at radius 1 is 1.11 bits per heavy atom. The minimum atomic E-state index is -4.48. The van der Waals surface area contributed by atoms with E-state index in [-0.39, 0.29) is 6.42 Å². The van der Waals surface area contributed by atoms with Gasteiger partial charge in [0.1, 0.15) is 24.1 Å². The van der Waals surface area contributed by atoms with Crippen LogP contribution in [0.15, 0.2) is 12.1 Å². The highest BCUT2D eigenvalue weighted by molar-refractivity contribution is 5.23. The molecule has 0 aliphatic heterocycles. The number of rotatable bonds is 5. The van der Waals surface area contributed by atoms with Crippen LogP contribution < -0.4 is 5.73 Å². The lowest BCUT2D eigenvalue weighted by molar-refractivity contribution is -0.174. The van der Waals surface area contributed by atoms with Crippen LogP contribution in [0.2, 0.25) is 0 Å². The maximum absolute atomic E-state index is 13.3. The predicted octanol–water partition coefficient (Wildman–Crippen LogP) is 3.07. The second-order valence-corrected chi connectivity index (χ2v) is 3.85. The van der Waals surface area contributed by atoms with Gasteiger partial charge in [-0.1, -0.05) is 0 Å². The second-order valence-electron chi connectivity index (χ2n) is 3.85. The Morgan fingerprint density at radius 2 is 1.63 bits per heavy atom. The van der Waals surface area contributed by atoms with Crippen molar-refractivity contribution in [2.24, 2.45) is 5.73 Å². The van der Waals surface area contributed by atoms with Gasteiger partial charge < -0.3 is 10.5 Å². The van der Waals surface area contributed by atoms with Crippen molar-refractivity contribution in [1.82, 2.24) is 0 Å². The lowest BCUT2D eigenvalue weighted by Crippen LogP contribution is -2.21. The van der Waals surface area contributed by atoms with Crippen LogP contribution in [0.4, 0.5) is 26.3 Å². The standard InChI is InChI=1S/C11H11F6NO/c12-6-3-7(13)10(8(14)4-6)9(18)1-2-19-5-11(15,16)17/h3-4,9H,1-2,5,18H2. The summed E-state index contributed by atoms with van der Waals surface area (Å²) in [7, 11) is 0. The van der Waals surface area contributed by atoms with Crippen LogP contribution in [0.1, 0.15) is 18.0 Å². The first kappa shape index (κ1) is 15.8. The summed E-state index contributed by atoms with van der Waals surface area (Å²) in [6, 6.07) is -0.308. The molecule has 8 heteroatoms. The maximum atomic E-state index is 13.3. The van der Waals surface area contributed by atoms with E-state index in [9.17, 15) is 26.3 Å². The van der Waals surface area contributed by atoms with E-state index in [1.807, 2.05) is 0 Å². The van der Waals surface area contributed by atoms with Gasteiger partial charge in [-0.25, -0.2) is 13.2 Å². The molecule has 0 radical (unpaired) electrons. The number of hydrogen-bond donors (Lipinski definition) is 1. The van der Waals surface area contributed by atoms with E-state index in [1.54, 1.807) is 0 Å². The number of halogens is 6. The third-order valence-electron chi connectivity index (χ3n) is 2.25. The van der Waals surface area contributed by atoms with E-state index in [2.05, 4.69) is 4.74 Å². The van der Waals surface area contributed by atoms with Crippen LogP contribution in [-0.2, 0) is 4.74 Å². The molecule has 0 fully saturated rings. The zero-order valence-electron chi connectivity index (χ0n) is 9.61. The summed E-state index contributed by atoms with van der Waals surface area (Å²) in [6.45, 7) is -1.88. The number of benzene rings is 1. The molecule has 1 aromatic carbocycles. The molecule has 0 heterocycles. The fourth-order valence-electron chi connectivity index (χ4n) is 1.45. The molecular weight excluding hydrogens is 276 g/mol. The van der Waals surface area contributed by atoms with Crippen molar-refractivity contribution in [1.29, 1.82) is 0 Å². The smallest absolute Gasteiger partial charge is 0.372 e. The normalized spacial score (nSPS) is 13.6. The zero-order chi connectivity index (χ0) is 14.6. The molecule has 1 unspecified atom stereocenters. The Morgan fingerprint density at radius 3 is 2.11 bits per heavy atom. The van der Waals surface area contributed by atoms with Gasteiger partial charge in [0.2, 0.25) is 0 Å². The van der Waals surface area contributed by atoms with Gasteiger partial charge in [-0.3, -0.25) is 0 Å². The molecule has 108 valence electrons. The number of alkyl halides is 3. The molecule has 0 aliphatic rings. The van der Waals surface area contributed by atoms with E-state index in [0.717, 1.165) is 0 Å². The van der Waals surface area contributed by atoms with Crippen LogP contribution in [0.5, 0.6) is 0 Å². The average molecular weight is 287 g/mol. The summed E-state index contributed by atoms with van der Waals surface area (Å²) < 4.78 is 78.7. The van der Waals surface area contributed by atoms with Gasteiger partial charge >= 0.3 is 6.18 Å². The summed E-state index contributed by atoms with van der Waals surface area (Å²) >= 11 is 0. The number of hydrogen-bond acceptors (Lipinski definition) is 2. The third-order valence-corrected chi connectivity index (χ3v) is 2.25. The summed E-state index contributed by atoms with van der Waals surface area (Å²) in [5.74, 6) is -3.46. The molecule has 19 heavy (non-hydrogen) atoms. The summed E-state index contributed by atoms with van der Waals surface area (Å²) in [6.07, 6.45) is -4.70. The Kier molecular flexibility index (Phi) is 5.19. The maximum Gasteiger partial charge on any atom is 0.411 e. The van der Waals surface area contributed by atoms with Gasteiger partial charge in [0.05, 0.1) is 0 Å². The molecule has 2 N–H and O–H groups in total. The first-order valence-corrected chi connectivity index (χ1v) is 5.25. The fourth-order valence-corrected chi connectivity index (χ4v) is 1.45. The first-order valence-electron chi connectivity index (χ1n) is 5.25. The van der Waals surface area contributed by atoms with Crippen LogP contribution in [0, 0.1) is 17.5 Å². The lowest BCUT2D eigenvalue weighted by Gasteiger charge is -2.14. The summed E-state index contributed by atoms with van der Waals surface area (Å²) in [5, 5.41) is 0. The predicted molar refractivity (Wildman–Crippen MR) is 54.7 cm³/mol. The quantitative estimate of drug-likeness (QED) is 0.667. The monoisotopic (exact) mass is 287 g/mol. The largest absolute Gasteiger partial charge is 0.411 e. The molecule has 0 amide bonds. The minimum absolute atomic E-state index is 0.227. The van der Waals surface area contributed by atoms with Gasteiger partial charge in [-0.05, 0) is 6.42 Å². The van der Waals surface area contributed by atoms with Crippen LogP contribution in [0.25, 0.3) is 0 Å². The zero-order valence-corrected chi connectivity index (χ0v) is 9.61. The molecule has 1 rings (SSSR count). The van der Waals surface area contributed by atoms with E-state index < -0.39 is 48.4 Å². The van der Waals surface area contributed by atoms with Crippen molar-refractivity contribution < 1.29 is 31.1 Å². The highest BCUT2D eigenvalue weighted by Gasteiger charge is 2.27. The Labute approximate surface area is 105 Å². The third kappa shape index (κ3) is 5.07. The second kappa shape index (κ2) is 6.25. The van der Waals surface area contributed by atoms with E-state index in [0.29, 0.717) is 12.1 Å². The van der Waals surface area contributed by atoms with Gasteiger partial charge in [-0.2, -0.15) is 13.2 Å². The van der Waals surface area contributed by atoms with Gasteiger partial charge in [0, 0.05) is 30.3 Å². The first-order chi connectivity index (χ1) is 8.70. The van der Waals surface area contributed by atoms with Crippen LogP contribution in [-0.4, -0.2) is 19.4 Å². The molecule has 0 bridgehead atoms. The molecule has 1 atom stereocenters. The Hall–Kier alpha value is -1.28. The summed E-state index contributed by atoms with van der Waals surface area (Å²) in [5.41, 5.74) is 4.86. The highest BCUT2D eigenvalue weighted by Crippen LogP contribution is 2.23. The molecule has 0 saturated heterocycles. The number of ether oxygens (including phenoxy) is 1. The topological polar surface area (TPSA) is 35.2 Å². The average Bonchev–Trinajstić information content (AvgIpc) is 2.21. The van der Waals surface area contributed by atoms with Crippen LogP contribution >= 0.6 is 0 Å². The van der Waals surface area contributed by atoms with Crippen molar-refractivity contribution in [3.8, 4) is 0 Å². The molecule has 0 saturated carbocycles.